The van der Waals surface area contributed by atoms with Crippen LogP contribution < -0.4 is 10.1 Å². The summed E-state index contributed by atoms with van der Waals surface area (Å²) in [5.41, 5.74) is 5.27. The van der Waals surface area contributed by atoms with Gasteiger partial charge in [0.05, 0.1) is 17.6 Å². The van der Waals surface area contributed by atoms with Crippen LogP contribution in [0.4, 0.5) is 10.2 Å². The highest BCUT2D eigenvalue weighted by atomic mass is 31.2. The highest BCUT2D eigenvalue weighted by Crippen LogP contribution is 2.38. The molecule has 2 bridgehead atoms. The number of aromatic nitrogens is 6. The van der Waals surface area contributed by atoms with E-state index < -0.39 is 20.5 Å². The molecular formula is C23H25FN7O4P. The number of pyridine rings is 1. The van der Waals surface area contributed by atoms with E-state index in [0.29, 0.717) is 41.4 Å². The van der Waals surface area contributed by atoms with E-state index in [0.717, 1.165) is 22.5 Å². The molecule has 3 N–H and O–H groups in total. The van der Waals surface area contributed by atoms with Gasteiger partial charge in [-0.15, -0.1) is 0 Å². The zero-order valence-electron chi connectivity index (χ0n) is 19.9. The molecule has 5 rings (SSSR count). The number of fused-ring (bicyclic) bond motifs is 7. The highest BCUT2D eigenvalue weighted by Gasteiger charge is 2.25. The normalized spacial score (nSPS) is 14.8. The topological polar surface area (TPSA) is 132 Å². The summed E-state index contributed by atoms with van der Waals surface area (Å²) in [5, 5.41) is 16.7. The minimum atomic E-state index is -2.53. The number of nitrogens with zero attached hydrogens (tertiary/aromatic N) is 6. The van der Waals surface area contributed by atoms with Gasteiger partial charge in [-0.2, -0.15) is 20.1 Å². The third-order valence-corrected chi connectivity index (χ3v) is 6.27. The van der Waals surface area contributed by atoms with Gasteiger partial charge >= 0.3 is 8.60 Å². The number of ether oxygens (including phenoxy) is 1. The Hall–Kier alpha value is -3.44. The first kappa shape index (κ1) is 24.3. The van der Waals surface area contributed by atoms with Crippen LogP contribution >= 0.6 is 8.60 Å². The van der Waals surface area contributed by atoms with E-state index in [2.05, 4.69) is 25.6 Å². The minimum Gasteiger partial charge on any atom is -0.482 e. The van der Waals surface area contributed by atoms with E-state index in [4.69, 9.17) is 19.0 Å². The lowest BCUT2D eigenvalue weighted by atomic mass is 9.96. The maximum atomic E-state index is 14.4. The molecular weight excluding hydrogens is 488 g/mol. The lowest BCUT2D eigenvalue weighted by Crippen LogP contribution is -2.12. The Kier molecular flexibility index (Phi) is 6.67. The fraction of sp³-hybridized carbons (Fsp3) is 0.304. The van der Waals surface area contributed by atoms with Crippen molar-refractivity contribution in [1.82, 2.24) is 29.8 Å². The number of nitrogens with one attached hydrogen (secondary N) is 1. The minimum absolute atomic E-state index is 0.192. The van der Waals surface area contributed by atoms with Gasteiger partial charge in [0.15, 0.2) is 11.6 Å². The lowest BCUT2D eigenvalue weighted by molar-refractivity contribution is 0.226. The number of benzene rings is 1. The van der Waals surface area contributed by atoms with Crippen molar-refractivity contribution in [3.8, 4) is 28.3 Å². The lowest BCUT2D eigenvalue weighted by Gasteiger charge is -2.22. The molecule has 11 nitrogen and oxygen atoms in total. The Balaban J connectivity index is 1.70. The molecule has 0 spiro atoms. The summed E-state index contributed by atoms with van der Waals surface area (Å²) >= 11 is 0. The summed E-state index contributed by atoms with van der Waals surface area (Å²) < 4.78 is 27.4. The second kappa shape index (κ2) is 9.90. The molecule has 1 aliphatic rings. The van der Waals surface area contributed by atoms with Gasteiger partial charge in [-0.3, -0.25) is 9.21 Å². The van der Waals surface area contributed by atoms with E-state index in [1.807, 2.05) is 30.8 Å². The predicted octanol–water partition coefficient (Wildman–Crippen LogP) is 3.54. The van der Waals surface area contributed by atoms with Crippen LogP contribution in [0.15, 0.2) is 36.7 Å². The van der Waals surface area contributed by atoms with Crippen LogP contribution in [0.1, 0.15) is 36.8 Å². The molecule has 0 fully saturated rings. The summed E-state index contributed by atoms with van der Waals surface area (Å²) in [6, 6.07) is 6.35. The summed E-state index contributed by atoms with van der Waals surface area (Å²) in [7, 11) is -0.778. The maximum Gasteiger partial charge on any atom is 0.328 e. The first-order valence-electron chi connectivity index (χ1n) is 11.3. The summed E-state index contributed by atoms with van der Waals surface area (Å²) in [5.74, 6) is 0.321. The number of hydrogen-bond donors (Lipinski definition) is 3. The van der Waals surface area contributed by atoms with Crippen molar-refractivity contribution < 1.29 is 23.4 Å². The van der Waals surface area contributed by atoms with Crippen molar-refractivity contribution in [2.75, 3.05) is 12.0 Å². The van der Waals surface area contributed by atoms with Crippen LogP contribution in [0.25, 0.3) is 22.5 Å². The molecule has 0 unspecified atom stereocenters. The number of aryl methyl sites for hydroxylation is 2. The monoisotopic (exact) mass is 513 g/mol. The molecule has 4 aromatic rings. The van der Waals surface area contributed by atoms with Crippen LogP contribution in [0.3, 0.4) is 0 Å². The molecule has 1 atom stereocenters. The van der Waals surface area contributed by atoms with E-state index in [1.54, 1.807) is 19.3 Å². The first-order chi connectivity index (χ1) is 17.3. The van der Waals surface area contributed by atoms with Crippen LogP contribution in [0, 0.1) is 5.82 Å². The van der Waals surface area contributed by atoms with E-state index in [9.17, 15) is 4.39 Å². The molecule has 0 aliphatic carbocycles. The molecule has 36 heavy (non-hydrogen) atoms. The zero-order valence-corrected chi connectivity index (χ0v) is 20.8. The Morgan fingerprint density at radius 3 is 2.86 bits per heavy atom. The molecule has 1 aliphatic heterocycles. The van der Waals surface area contributed by atoms with Crippen molar-refractivity contribution in [2.24, 2.45) is 7.05 Å². The molecule has 13 heteroatoms. The standard InChI is InChI=1S/C23H25FN7O4P/c1-4-31-22-14(11-27-31)7-19-21(29-30(3)28-19)17-6-5-16(24)9-18(17)13(2)35-20-8-15(22)10-25-23(20)26-12-34-36(32)33/h5-6,8-11,13,32-33H,4,7,12H2,1-3H3,(H,25,26)/t13-/m1/s1. The third-order valence-electron chi connectivity index (χ3n) is 5.91. The molecule has 4 heterocycles. The van der Waals surface area contributed by atoms with Crippen molar-refractivity contribution in [1.29, 1.82) is 0 Å². The van der Waals surface area contributed by atoms with Crippen molar-refractivity contribution in [3.63, 3.8) is 0 Å². The van der Waals surface area contributed by atoms with Crippen molar-refractivity contribution >= 4 is 14.4 Å². The average molecular weight is 513 g/mol. The quantitative estimate of drug-likeness (QED) is 0.271. The average Bonchev–Trinajstić information content (AvgIpc) is 3.41. The largest absolute Gasteiger partial charge is 0.482 e. The van der Waals surface area contributed by atoms with Gasteiger partial charge in [0.25, 0.3) is 0 Å². The SMILES string of the molecule is CCn1ncc2c1-c1cnc(NCOP(O)O)c(c1)O[C@H](C)c1cc(F)ccc1-c1nn(C)nc1C2. The van der Waals surface area contributed by atoms with Crippen LogP contribution in [-0.2, 0) is 24.5 Å². The summed E-state index contributed by atoms with van der Waals surface area (Å²) in [6.07, 6.45) is 3.36. The molecule has 188 valence electrons. The van der Waals surface area contributed by atoms with Gasteiger partial charge < -0.3 is 19.8 Å². The van der Waals surface area contributed by atoms with Crippen LogP contribution in [0.5, 0.6) is 5.75 Å². The molecule has 0 saturated heterocycles. The van der Waals surface area contributed by atoms with Crippen LogP contribution in [-0.4, -0.2) is 46.3 Å². The summed E-state index contributed by atoms with van der Waals surface area (Å²) in [4.78, 5) is 24.2. The zero-order chi connectivity index (χ0) is 25.4. The van der Waals surface area contributed by atoms with Crippen molar-refractivity contribution in [2.45, 2.75) is 32.9 Å². The molecule has 1 aromatic carbocycles. The van der Waals surface area contributed by atoms with Gasteiger partial charge in [0.2, 0.25) is 0 Å². The van der Waals surface area contributed by atoms with Crippen LogP contribution in [0.2, 0.25) is 0 Å². The van der Waals surface area contributed by atoms with Gasteiger partial charge in [0, 0.05) is 48.5 Å². The fourth-order valence-corrected chi connectivity index (χ4v) is 4.56. The van der Waals surface area contributed by atoms with Gasteiger partial charge in [-0.05, 0) is 38.1 Å². The number of rotatable bonds is 5. The smallest absolute Gasteiger partial charge is 0.328 e. The Morgan fingerprint density at radius 1 is 1.25 bits per heavy atom. The fourth-order valence-electron chi connectivity index (χ4n) is 4.38. The number of halogens is 1. The number of anilines is 1. The highest BCUT2D eigenvalue weighted by molar-refractivity contribution is 7.39. The summed E-state index contributed by atoms with van der Waals surface area (Å²) in [6.45, 7) is 4.27. The van der Waals surface area contributed by atoms with E-state index in [1.165, 1.54) is 16.9 Å². The second-order valence-corrected chi connectivity index (χ2v) is 9.02. The molecule has 0 amide bonds. The van der Waals surface area contributed by atoms with Gasteiger partial charge in [-0.1, -0.05) is 0 Å². The molecule has 0 radical (unpaired) electrons. The van der Waals surface area contributed by atoms with Crippen molar-refractivity contribution in [3.05, 3.63) is 59.3 Å². The van der Waals surface area contributed by atoms with Gasteiger partial charge in [-0.25, -0.2) is 9.37 Å². The Morgan fingerprint density at radius 2 is 2.08 bits per heavy atom. The Bertz CT molecular complexity index is 1410. The van der Waals surface area contributed by atoms with Gasteiger partial charge in [0.1, 0.15) is 24.3 Å². The van der Waals surface area contributed by atoms with E-state index >= 15 is 0 Å². The van der Waals surface area contributed by atoms with E-state index in [-0.39, 0.29) is 6.73 Å². The predicted molar refractivity (Wildman–Crippen MR) is 130 cm³/mol. The molecule has 0 saturated carbocycles. The third kappa shape index (κ3) is 4.68. The first-order valence-corrected chi connectivity index (χ1v) is 12.5. The maximum absolute atomic E-state index is 14.4. The molecule has 3 aromatic heterocycles. The Labute approximate surface area is 207 Å². The number of hydrogen-bond acceptors (Lipinski definition) is 9. The second-order valence-electron chi connectivity index (χ2n) is 8.26.